The number of fused-ring (bicyclic) bond motifs is 1. The predicted molar refractivity (Wildman–Crippen MR) is 70.3 cm³/mol. The van der Waals surface area contributed by atoms with Gasteiger partial charge in [-0.3, -0.25) is 9.59 Å². The van der Waals surface area contributed by atoms with E-state index in [9.17, 15) is 9.59 Å². The number of carbonyl (C=O) groups is 2. The molecule has 1 aliphatic heterocycles. The van der Waals surface area contributed by atoms with Crippen molar-refractivity contribution in [1.82, 2.24) is 5.32 Å². The van der Waals surface area contributed by atoms with Crippen LogP contribution in [-0.2, 0) is 9.59 Å². The highest BCUT2D eigenvalue weighted by Crippen LogP contribution is 2.34. The van der Waals surface area contributed by atoms with Crippen LogP contribution in [0.1, 0.15) is 38.7 Å². The first-order valence-corrected chi connectivity index (χ1v) is 6.07. The highest BCUT2D eigenvalue weighted by molar-refractivity contribution is 6.04. The summed E-state index contributed by atoms with van der Waals surface area (Å²) >= 11 is 0. The Morgan fingerprint density at radius 2 is 2.00 bits per heavy atom. The molecule has 2 rings (SSSR count). The van der Waals surface area contributed by atoms with Crippen molar-refractivity contribution in [2.75, 3.05) is 5.32 Å². The second kappa shape index (κ2) is 4.44. The van der Waals surface area contributed by atoms with E-state index < -0.39 is 0 Å². The fraction of sp³-hybridized carbons (Fsp3) is 0.429. The van der Waals surface area contributed by atoms with Gasteiger partial charge in [-0.15, -0.1) is 0 Å². The Kier molecular flexibility index (Phi) is 3.11. The Hall–Kier alpha value is -1.84. The maximum atomic E-state index is 11.9. The number of para-hydroxylation sites is 1. The normalized spacial score (nSPS) is 18.2. The molecule has 4 heteroatoms. The highest BCUT2D eigenvalue weighted by atomic mass is 16.2. The molecule has 1 aromatic carbocycles. The molecular formula is C14H18N2O2. The van der Waals surface area contributed by atoms with Crippen LogP contribution in [0.3, 0.4) is 0 Å². The smallest absolute Gasteiger partial charge is 0.232 e. The van der Waals surface area contributed by atoms with Crippen LogP contribution in [0, 0.1) is 0 Å². The highest BCUT2D eigenvalue weighted by Gasteiger charge is 2.32. The van der Waals surface area contributed by atoms with E-state index in [4.69, 9.17) is 0 Å². The zero-order valence-electron chi connectivity index (χ0n) is 10.9. The molecule has 2 amide bonds. The second-order valence-electron chi connectivity index (χ2n) is 5.63. The van der Waals surface area contributed by atoms with Gasteiger partial charge < -0.3 is 10.6 Å². The van der Waals surface area contributed by atoms with Crippen LogP contribution in [0.15, 0.2) is 24.3 Å². The van der Waals surface area contributed by atoms with Crippen LogP contribution >= 0.6 is 0 Å². The lowest BCUT2D eigenvalue weighted by atomic mass is 9.96. The standard InChI is InChI=1S/C14H18N2O2/c1-14(2,3)16-12(17)8-10-9-6-4-5-7-11(9)15-13(10)18/h4-7,10H,8H2,1-3H3,(H,15,18)(H,16,17). The first-order chi connectivity index (χ1) is 8.37. The number of hydrogen-bond acceptors (Lipinski definition) is 2. The van der Waals surface area contributed by atoms with Crippen LogP contribution in [-0.4, -0.2) is 17.4 Å². The molecule has 0 saturated heterocycles. The van der Waals surface area contributed by atoms with E-state index in [-0.39, 0.29) is 29.7 Å². The lowest BCUT2D eigenvalue weighted by Crippen LogP contribution is -2.41. The van der Waals surface area contributed by atoms with Crippen LogP contribution in [0.5, 0.6) is 0 Å². The molecule has 1 aromatic rings. The number of nitrogens with one attached hydrogen (secondary N) is 2. The van der Waals surface area contributed by atoms with Gasteiger partial charge in [-0.25, -0.2) is 0 Å². The van der Waals surface area contributed by atoms with Gasteiger partial charge in [0.1, 0.15) is 0 Å². The summed E-state index contributed by atoms with van der Waals surface area (Å²) < 4.78 is 0. The molecule has 0 saturated carbocycles. The average molecular weight is 246 g/mol. The van der Waals surface area contributed by atoms with E-state index in [2.05, 4.69) is 10.6 Å². The molecule has 0 aromatic heterocycles. The summed E-state index contributed by atoms with van der Waals surface area (Å²) in [6, 6.07) is 7.50. The molecule has 2 N–H and O–H groups in total. The number of amides is 2. The Labute approximate surface area is 107 Å². The third-order valence-electron chi connectivity index (χ3n) is 2.81. The second-order valence-corrected chi connectivity index (χ2v) is 5.63. The maximum Gasteiger partial charge on any atom is 0.232 e. The summed E-state index contributed by atoms with van der Waals surface area (Å²) in [5.41, 5.74) is 1.45. The molecule has 0 spiro atoms. The van der Waals surface area contributed by atoms with Gasteiger partial charge in [0, 0.05) is 17.6 Å². The summed E-state index contributed by atoms with van der Waals surface area (Å²) in [4.78, 5) is 23.7. The van der Waals surface area contributed by atoms with E-state index in [1.807, 2.05) is 45.0 Å². The maximum absolute atomic E-state index is 11.9. The Morgan fingerprint density at radius 1 is 1.33 bits per heavy atom. The average Bonchev–Trinajstić information content (AvgIpc) is 2.53. The van der Waals surface area contributed by atoms with Gasteiger partial charge in [-0.1, -0.05) is 18.2 Å². The Morgan fingerprint density at radius 3 is 2.67 bits per heavy atom. The van der Waals surface area contributed by atoms with Crippen molar-refractivity contribution in [3.8, 4) is 0 Å². The number of anilines is 1. The lowest BCUT2D eigenvalue weighted by Gasteiger charge is -2.21. The number of carbonyl (C=O) groups excluding carboxylic acids is 2. The molecule has 0 bridgehead atoms. The number of benzene rings is 1. The minimum absolute atomic E-state index is 0.0970. The van der Waals surface area contributed by atoms with Gasteiger partial charge in [-0.2, -0.15) is 0 Å². The van der Waals surface area contributed by atoms with Crippen LogP contribution in [0.4, 0.5) is 5.69 Å². The molecule has 18 heavy (non-hydrogen) atoms. The lowest BCUT2D eigenvalue weighted by molar-refractivity contribution is -0.126. The number of rotatable bonds is 2. The largest absolute Gasteiger partial charge is 0.351 e. The van der Waals surface area contributed by atoms with E-state index in [0.29, 0.717) is 0 Å². The van der Waals surface area contributed by atoms with Crippen molar-refractivity contribution in [3.05, 3.63) is 29.8 Å². The molecule has 4 nitrogen and oxygen atoms in total. The van der Waals surface area contributed by atoms with Crippen molar-refractivity contribution < 1.29 is 9.59 Å². The summed E-state index contributed by atoms with van der Waals surface area (Å²) in [5, 5.41) is 5.68. The summed E-state index contributed by atoms with van der Waals surface area (Å²) in [5.74, 6) is -0.567. The molecule has 96 valence electrons. The number of hydrogen-bond donors (Lipinski definition) is 2. The molecule has 0 aliphatic carbocycles. The summed E-state index contributed by atoms with van der Waals surface area (Å²) in [6.07, 6.45) is 0.195. The molecule has 0 fully saturated rings. The van der Waals surface area contributed by atoms with Crippen molar-refractivity contribution in [3.63, 3.8) is 0 Å². The molecule has 1 atom stereocenters. The van der Waals surface area contributed by atoms with Crippen LogP contribution < -0.4 is 10.6 Å². The van der Waals surface area contributed by atoms with Gasteiger partial charge in [0.05, 0.1) is 5.92 Å². The Bertz CT molecular complexity index is 489. The SMILES string of the molecule is CC(C)(C)NC(=O)CC1C(=O)Nc2ccccc21. The minimum atomic E-state index is -0.372. The summed E-state index contributed by atoms with van der Waals surface area (Å²) in [7, 11) is 0. The van der Waals surface area contributed by atoms with E-state index in [1.165, 1.54) is 0 Å². The molecule has 0 radical (unpaired) electrons. The molecule has 1 unspecified atom stereocenters. The van der Waals surface area contributed by atoms with Crippen molar-refractivity contribution in [2.24, 2.45) is 0 Å². The van der Waals surface area contributed by atoms with Crippen molar-refractivity contribution in [2.45, 2.75) is 38.6 Å². The first-order valence-electron chi connectivity index (χ1n) is 6.07. The fourth-order valence-corrected chi connectivity index (χ4v) is 2.13. The van der Waals surface area contributed by atoms with E-state index in [1.54, 1.807) is 0 Å². The van der Waals surface area contributed by atoms with Gasteiger partial charge in [0.15, 0.2) is 0 Å². The van der Waals surface area contributed by atoms with Gasteiger partial charge in [0.25, 0.3) is 0 Å². The van der Waals surface area contributed by atoms with Crippen molar-refractivity contribution in [1.29, 1.82) is 0 Å². The quantitative estimate of drug-likeness (QED) is 0.838. The monoisotopic (exact) mass is 246 g/mol. The van der Waals surface area contributed by atoms with Gasteiger partial charge >= 0.3 is 0 Å². The zero-order valence-corrected chi connectivity index (χ0v) is 10.9. The van der Waals surface area contributed by atoms with Gasteiger partial charge in [-0.05, 0) is 32.4 Å². The topological polar surface area (TPSA) is 58.2 Å². The first kappa shape index (κ1) is 12.6. The summed E-state index contributed by atoms with van der Waals surface area (Å²) in [6.45, 7) is 5.77. The van der Waals surface area contributed by atoms with Gasteiger partial charge in [0.2, 0.25) is 11.8 Å². The molecule has 1 aliphatic rings. The third-order valence-corrected chi connectivity index (χ3v) is 2.81. The predicted octanol–water partition coefficient (Wildman–Crippen LogP) is 2.03. The molecular weight excluding hydrogens is 228 g/mol. The molecule has 1 heterocycles. The minimum Gasteiger partial charge on any atom is -0.351 e. The van der Waals surface area contributed by atoms with Crippen molar-refractivity contribution >= 4 is 17.5 Å². The van der Waals surface area contributed by atoms with E-state index >= 15 is 0 Å². The zero-order chi connectivity index (χ0) is 13.3. The van der Waals surface area contributed by atoms with Crippen LogP contribution in [0.2, 0.25) is 0 Å². The Balaban J connectivity index is 2.11. The fourth-order valence-electron chi connectivity index (χ4n) is 2.13. The van der Waals surface area contributed by atoms with Crippen LogP contribution in [0.25, 0.3) is 0 Å². The third kappa shape index (κ3) is 2.70. The van der Waals surface area contributed by atoms with E-state index in [0.717, 1.165) is 11.3 Å².